The zero-order valence-electron chi connectivity index (χ0n) is 11.7. The molecule has 1 aliphatic heterocycles. The lowest BCUT2D eigenvalue weighted by atomic mass is 10.2. The number of carbonyl (C=O) groups excluding carboxylic acids is 1. The van der Waals surface area contributed by atoms with E-state index in [0.29, 0.717) is 6.54 Å². The monoisotopic (exact) mass is 311 g/mol. The van der Waals surface area contributed by atoms with E-state index in [9.17, 15) is 14.9 Å². The van der Waals surface area contributed by atoms with Crippen molar-refractivity contribution >= 4 is 23.2 Å². The molecule has 1 fully saturated rings. The van der Waals surface area contributed by atoms with Gasteiger partial charge in [-0.05, 0) is 45.0 Å². The smallest absolute Gasteiger partial charge is 0.270 e. The number of amides is 1. The third-order valence-electron chi connectivity index (χ3n) is 3.54. The zero-order chi connectivity index (χ0) is 15.2. The van der Waals surface area contributed by atoms with Crippen molar-refractivity contribution < 1.29 is 9.72 Å². The third kappa shape index (κ3) is 4.41. The summed E-state index contributed by atoms with van der Waals surface area (Å²) in [4.78, 5) is 24.6. The highest BCUT2D eigenvalue weighted by atomic mass is 35.5. The number of non-ortho nitro benzene ring substituents is 1. The molecule has 1 amide bonds. The largest absolute Gasteiger partial charge is 0.352 e. The minimum Gasteiger partial charge on any atom is -0.352 e. The van der Waals surface area contributed by atoms with Crippen LogP contribution in [0.4, 0.5) is 5.69 Å². The average molecular weight is 312 g/mol. The third-order valence-corrected chi connectivity index (χ3v) is 3.87. The Labute approximate surface area is 128 Å². The van der Waals surface area contributed by atoms with Gasteiger partial charge in [-0.15, -0.1) is 0 Å². The number of likely N-dealkylation sites (tertiary alicyclic amines) is 1. The number of carbonyl (C=O) groups is 1. The Balaban J connectivity index is 1.84. The quantitative estimate of drug-likeness (QED) is 0.497. The van der Waals surface area contributed by atoms with Gasteiger partial charge in [0.05, 0.1) is 15.5 Å². The summed E-state index contributed by atoms with van der Waals surface area (Å²) in [6.45, 7) is 3.76. The predicted molar refractivity (Wildman–Crippen MR) is 80.7 cm³/mol. The molecule has 1 saturated heterocycles. The van der Waals surface area contributed by atoms with Gasteiger partial charge >= 0.3 is 0 Å². The van der Waals surface area contributed by atoms with E-state index in [1.807, 2.05) is 0 Å². The van der Waals surface area contributed by atoms with E-state index < -0.39 is 4.92 Å². The fourth-order valence-electron chi connectivity index (χ4n) is 2.41. The summed E-state index contributed by atoms with van der Waals surface area (Å²) in [5, 5.41) is 13.7. The lowest BCUT2D eigenvalue weighted by molar-refractivity contribution is -0.384. The Kier molecular flexibility index (Phi) is 5.52. The van der Waals surface area contributed by atoms with Crippen LogP contribution in [0, 0.1) is 10.1 Å². The number of rotatable bonds is 6. The van der Waals surface area contributed by atoms with Crippen molar-refractivity contribution in [2.45, 2.75) is 19.3 Å². The van der Waals surface area contributed by atoms with Crippen molar-refractivity contribution in [1.82, 2.24) is 10.2 Å². The minimum atomic E-state index is -0.541. The van der Waals surface area contributed by atoms with Gasteiger partial charge in [-0.25, -0.2) is 0 Å². The van der Waals surface area contributed by atoms with Gasteiger partial charge in [0.1, 0.15) is 0 Å². The molecule has 0 aromatic heterocycles. The highest BCUT2D eigenvalue weighted by Gasteiger charge is 2.16. The SMILES string of the molecule is O=C(NCCCN1CCCC1)c1cc([N+](=O)[O-])ccc1Cl. The van der Waals surface area contributed by atoms with Crippen molar-refractivity contribution in [2.75, 3.05) is 26.2 Å². The molecule has 0 bridgehead atoms. The molecule has 7 heteroatoms. The first-order valence-corrected chi connectivity index (χ1v) is 7.40. The van der Waals surface area contributed by atoms with Crippen LogP contribution >= 0.6 is 11.6 Å². The van der Waals surface area contributed by atoms with Crippen LogP contribution in [-0.4, -0.2) is 41.9 Å². The zero-order valence-corrected chi connectivity index (χ0v) is 12.4. The molecular formula is C14H18ClN3O3. The standard InChI is InChI=1S/C14H18ClN3O3/c15-13-5-4-11(18(20)21)10-12(13)14(19)16-6-3-9-17-7-1-2-8-17/h4-5,10H,1-3,6-9H2,(H,16,19). The first kappa shape index (κ1) is 15.7. The van der Waals surface area contributed by atoms with E-state index in [2.05, 4.69) is 10.2 Å². The van der Waals surface area contributed by atoms with Gasteiger partial charge in [0.2, 0.25) is 0 Å². The molecule has 21 heavy (non-hydrogen) atoms. The van der Waals surface area contributed by atoms with Crippen LogP contribution in [0.3, 0.4) is 0 Å². The molecule has 0 aliphatic carbocycles. The molecule has 1 aliphatic rings. The van der Waals surface area contributed by atoms with E-state index in [0.717, 1.165) is 26.1 Å². The highest BCUT2D eigenvalue weighted by Crippen LogP contribution is 2.21. The van der Waals surface area contributed by atoms with Gasteiger partial charge < -0.3 is 10.2 Å². The summed E-state index contributed by atoms with van der Waals surface area (Å²) >= 11 is 5.92. The fourth-order valence-corrected chi connectivity index (χ4v) is 2.61. The van der Waals surface area contributed by atoms with Gasteiger partial charge in [0.25, 0.3) is 11.6 Å². The van der Waals surface area contributed by atoms with E-state index >= 15 is 0 Å². The van der Waals surface area contributed by atoms with Gasteiger partial charge in [-0.3, -0.25) is 14.9 Å². The van der Waals surface area contributed by atoms with Crippen LogP contribution in [-0.2, 0) is 0 Å². The molecule has 0 atom stereocenters. The number of halogens is 1. The van der Waals surface area contributed by atoms with Crippen molar-refractivity contribution in [3.8, 4) is 0 Å². The molecule has 1 heterocycles. The number of hydrogen-bond donors (Lipinski definition) is 1. The van der Waals surface area contributed by atoms with Crippen molar-refractivity contribution in [3.63, 3.8) is 0 Å². The number of nitro groups is 1. The second-order valence-corrected chi connectivity index (χ2v) is 5.49. The van der Waals surface area contributed by atoms with E-state index in [1.54, 1.807) is 0 Å². The summed E-state index contributed by atoms with van der Waals surface area (Å²) in [5.41, 5.74) is 0.00801. The molecule has 0 spiro atoms. The number of nitro benzene ring substituents is 1. The van der Waals surface area contributed by atoms with Crippen LogP contribution in [0.2, 0.25) is 5.02 Å². The molecular weight excluding hydrogens is 294 g/mol. The summed E-state index contributed by atoms with van der Waals surface area (Å²) in [6, 6.07) is 3.86. The lowest BCUT2D eigenvalue weighted by Crippen LogP contribution is -2.28. The summed E-state index contributed by atoms with van der Waals surface area (Å²) < 4.78 is 0. The minimum absolute atomic E-state index is 0.137. The normalized spacial score (nSPS) is 15.1. The molecule has 1 aromatic rings. The van der Waals surface area contributed by atoms with Crippen LogP contribution in [0.5, 0.6) is 0 Å². The molecule has 6 nitrogen and oxygen atoms in total. The number of nitrogens with zero attached hydrogens (tertiary/aromatic N) is 2. The molecule has 0 saturated carbocycles. The Bertz CT molecular complexity index is 530. The van der Waals surface area contributed by atoms with Gasteiger partial charge in [-0.1, -0.05) is 11.6 Å². The maximum atomic E-state index is 12.0. The van der Waals surface area contributed by atoms with Crippen molar-refractivity contribution in [3.05, 3.63) is 38.9 Å². The summed E-state index contributed by atoms with van der Waals surface area (Å²) in [6.07, 6.45) is 3.35. The molecule has 114 valence electrons. The van der Waals surface area contributed by atoms with Gasteiger partial charge in [-0.2, -0.15) is 0 Å². The van der Waals surface area contributed by atoms with Gasteiger partial charge in [0, 0.05) is 18.7 Å². The van der Waals surface area contributed by atoms with E-state index in [1.165, 1.54) is 31.0 Å². The Morgan fingerprint density at radius 1 is 1.38 bits per heavy atom. The first-order chi connectivity index (χ1) is 10.1. The topological polar surface area (TPSA) is 75.5 Å². The maximum Gasteiger partial charge on any atom is 0.270 e. The van der Waals surface area contributed by atoms with E-state index in [4.69, 9.17) is 11.6 Å². The summed E-state index contributed by atoms with van der Waals surface area (Å²) in [7, 11) is 0. The van der Waals surface area contributed by atoms with Crippen LogP contribution in [0.1, 0.15) is 29.6 Å². The Morgan fingerprint density at radius 3 is 2.76 bits per heavy atom. The van der Waals surface area contributed by atoms with Crippen LogP contribution in [0.25, 0.3) is 0 Å². The van der Waals surface area contributed by atoms with Crippen LogP contribution in [0.15, 0.2) is 18.2 Å². The summed E-state index contributed by atoms with van der Waals surface area (Å²) in [5.74, 6) is -0.370. The Hall–Kier alpha value is -1.66. The second-order valence-electron chi connectivity index (χ2n) is 5.08. The number of hydrogen-bond acceptors (Lipinski definition) is 4. The second kappa shape index (κ2) is 7.38. The highest BCUT2D eigenvalue weighted by molar-refractivity contribution is 6.33. The van der Waals surface area contributed by atoms with Crippen molar-refractivity contribution in [2.24, 2.45) is 0 Å². The Morgan fingerprint density at radius 2 is 2.10 bits per heavy atom. The van der Waals surface area contributed by atoms with E-state index in [-0.39, 0.29) is 22.2 Å². The fraction of sp³-hybridized carbons (Fsp3) is 0.500. The molecule has 0 unspecified atom stereocenters. The average Bonchev–Trinajstić information content (AvgIpc) is 2.96. The first-order valence-electron chi connectivity index (χ1n) is 7.02. The molecule has 1 aromatic carbocycles. The predicted octanol–water partition coefficient (Wildman–Crippen LogP) is 2.46. The molecule has 1 N–H and O–H groups in total. The van der Waals surface area contributed by atoms with Gasteiger partial charge in [0.15, 0.2) is 0 Å². The molecule has 2 rings (SSSR count). The molecule has 0 radical (unpaired) electrons. The number of benzene rings is 1. The number of nitrogens with one attached hydrogen (secondary N) is 1. The lowest BCUT2D eigenvalue weighted by Gasteiger charge is -2.14. The van der Waals surface area contributed by atoms with Crippen molar-refractivity contribution in [1.29, 1.82) is 0 Å². The van der Waals surface area contributed by atoms with Crippen LogP contribution < -0.4 is 5.32 Å². The maximum absolute atomic E-state index is 12.0.